The van der Waals surface area contributed by atoms with Crippen LogP contribution in [0.4, 0.5) is 5.69 Å². The van der Waals surface area contributed by atoms with Crippen molar-refractivity contribution in [2.75, 3.05) is 38.6 Å². The molecule has 0 aliphatic rings. The lowest BCUT2D eigenvalue weighted by atomic mass is 10.2. The first kappa shape index (κ1) is 24.8. The zero-order valence-corrected chi connectivity index (χ0v) is 20.3. The number of anilines is 1. The van der Waals surface area contributed by atoms with Crippen LogP contribution in [0, 0.1) is 6.92 Å². The number of hydrogen-bond donors (Lipinski definition) is 2. The molecule has 0 unspecified atom stereocenters. The van der Waals surface area contributed by atoms with E-state index < -0.39 is 15.9 Å². The highest BCUT2D eigenvalue weighted by Gasteiger charge is 2.23. The van der Waals surface area contributed by atoms with Crippen LogP contribution in [0.15, 0.2) is 53.6 Å². The number of hydrogen-bond acceptors (Lipinski definition) is 6. The van der Waals surface area contributed by atoms with Gasteiger partial charge in [0.05, 0.1) is 23.6 Å². The number of sulfonamides is 1. The van der Waals surface area contributed by atoms with Gasteiger partial charge in [0.25, 0.3) is 0 Å². The number of likely N-dealkylation sites (N-methyl/N-ethyl adjacent to an activating group) is 1. The fraction of sp³-hybridized carbons (Fsp3) is 0.304. The normalized spacial score (nSPS) is 11.5. The largest absolute Gasteiger partial charge is 0.494 e. The van der Waals surface area contributed by atoms with Gasteiger partial charge in [0, 0.05) is 42.4 Å². The fourth-order valence-corrected chi connectivity index (χ4v) is 4.68. The molecule has 3 aromatic rings. The molecule has 2 aromatic carbocycles. The van der Waals surface area contributed by atoms with Crippen molar-refractivity contribution in [1.29, 1.82) is 0 Å². The van der Waals surface area contributed by atoms with Crippen LogP contribution in [0.2, 0.25) is 5.02 Å². The van der Waals surface area contributed by atoms with E-state index in [0.717, 1.165) is 20.9 Å². The second-order valence-corrected chi connectivity index (χ2v) is 9.90. The molecule has 10 heteroatoms. The summed E-state index contributed by atoms with van der Waals surface area (Å²) in [4.78, 5) is 16.7. The summed E-state index contributed by atoms with van der Waals surface area (Å²) in [5.74, 6) is 0.242. The van der Waals surface area contributed by atoms with Crippen molar-refractivity contribution in [3.63, 3.8) is 0 Å². The number of ether oxygens (including phenoxy) is 1. The smallest absolute Gasteiger partial charge is 0.243 e. The van der Waals surface area contributed by atoms with Crippen LogP contribution >= 0.6 is 11.6 Å². The zero-order valence-electron chi connectivity index (χ0n) is 18.8. The molecule has 1 heterocycles. The number of rotatable bonds is 10. The Morgan fingerprint density at radius 1 is 1.15 bits per heavy atom. The summed E-state index contributed by atoms with van der Waals surface area (Å²) in [6.07, 6.45) is 1.68. The monoisotopic (exact) mass is 490 g/mol. The van der Waals surface area contributed by atoms with Gasteiger partial charge in [0.1, 0.15) is 5.75 Å². The van der Waals surface area contributed by atoms with Gasteiger partial charge in [-0.1, -0.05) is 11.6 Å². The Kier molecular flexibility index (Phi) is 8.12. The molecule has 0 radical (unpaired) electrons. The van der Waals surface area contributed by atoms with E-state index in [0.29, 0.717) is 36.0 Å². The van der Waals surface area contributed by atoms with Crippen molar-refractivity contribution in [2.45, 2.75) is 18.7 Å². The SMILES string of the molecule is CCOc1ccc(S(=O)(=O)N(C)CC(=O)NCCNc2ccnc3cc(Cl)ccc23)cc1C. The maximum atomic E-state index is 12.8. The average Bonchev–Trinajstić information content (AvgIpc) is 2.77. The molecule has 0 spiro atoms. The number of carbonyl (C=O) groups excluding carboxylic acids is 1. The predicted octanol–water partition coefficient (Wildman–Crippen LogP) is 3.44. The molecule has 0 aliphatic heterocycles. The second kappa shape index (κ2) is 10.8. The number of amides is 1. The summed E-state index contributed by atoms with van der Waals surface area (Å²) in [6.45, 7) is 4.64. The summed E-state index contributed by atoms with van der Waals surface area (Å²) >= 11 is 6.01. The van der Waals surface area contributed by atoms with Crippen LogP contribution in [0.3, 0.4) is 0 Å². The molecule has 0 aliphatic carbocycles. The van der Waals surface area contributed by atoms with E-state index in [-0.39, 0.29) is 11.4 Å². The lowest BCUT2D eigenvalue weighted by Gasteiger charge is -2.18. The first-order valence-electron chi connectivity index (χ1n) is 10.5. The minimum Gasteiger partial charge on any atom is -0.494 e. The van der Waals surface area contributed by atoms with E-state index in [1.165, 1.54) is 13.1 Å². The van der Waals surface area contributed by atoms with Gasteiger partial charge in [-0.2, -0.15) is 4.31 Å². The van der Waals surface area contributed by atoms with E-state index in [1.54, 1.807) is 37.4 Å². The van der Waals surface area contributed by atoms with E-state index in [1.807, 2.05) is 19.1 Å². The van der Waals surface area contributed by atoms with Gasteiger partial charge in [0.2, 0.25) is 15.9 Å². The number of nitrogens with one attached hydrogen (secondary N) is 2. The number of pyridine rings is 1. The Balaban J connectivity index is 1.53. The van der Waals surface area contributed by atoms with Crippen LogP contribution in [-0.2, 0) is 14.8 Å². The maximum Gasteiger partial charge on any atom is 0.243 e. The standard InChI is InChI=1S/C23H27ClN4O4S/c1-4-32-22-8-6-18(13-16(22)2)33(30,31)28(3)15-23(29)27-12-11-26-20-9-10-25-21-14-17(24)5-7-19(20)21/h5-10,13-14H,4,11-12,15H2,1-3H3,(H,25,26)(H,27,29). The number of fused-ring (bicyclic) bond motifs is 1. The van der Waals surface area contributed by atoms with Crippen molar-refractivity contribution in [3.05, 3.63) is 59.2 Å². The van der Waals surface area contributed by atoms with E-state index in [4.69, 9.17) is 16.3 Å². The van der Waals surface area contributed by atoms with Crippen LogP contribution in [-0.4, -0.2) is 56.9 Å². The lowest BCUT2D eigenvalue weighted by Crippen LogP contribution is -2.39. The Labute approximate surface area is 199 Å². The maximum absolute atomic E-state index is 12.8. The molecular formula is C23H27ClN4O4S. The number of halogens is 1. The lowest BCUT2D eigenvalue weighted by molar-refractivity contribution is -0.121. The summed E-state index contributed by atoms with van der Waals surface area (Å²) in [7, 11) is -2.42. The molecule has 0 fully saturated rings. The van der Waals surface area contributed by atoms with Crippen LogP contribution in [0.1, 0.15) is 12.5 Å². The average molecular weight is 491 g/mol. The molecular weight excluding hydrogens is 464 g/mol. The predicted molar refractivity (Wildman–Crippen MR) is 130 cm³/mol. The Bertz CT molecular complexity index is 1250. The number of benzene rings is 2. The quantitative estimate of drug-likeness (QED) is 0.422. The first-order chi connectivity index (χ1) is 15.7. The number of aryl methyl sites for hydroxylation is 1. The third-order valence-corrected chi connectivity index (χ3v) is 7.02. The number of nitrogens with zero attached hydrogens (tertiary/aromatic N) is 2. The molecule has 176 valence electrons. The van der Waals surface area contributed by atoms with Gasteiger partial charge in [-0.05, 0) is 61.9 Å². The minimum atomic E-state index is -3.81. The molecule has 0 bridgehead atoms. The highest BCUT2D eigenvalue weighted by atomic mass is 35.5. The molecule has 0 atom stereocenters. The summed E-state index contributed by atoms with van der Waals surface area (Å²) in [5.41, 5.74) is 2.36. The molecule has 8 nitrogen and oxygen atoms in total. The third-order valence-electron chi connectivity index (χ3n) is 4.99. The van der Waals surface area contributed by atoms with Crippen molar-refractivity contribution >= 4 is 44.1 Å². The number of aromatic nitrogens is 1. The van der Waals surface area contributed by atoms with Crippen LogP contribution < -0.4 is 15.4 Å². The van der Waals surface area contributed by atoms with Gasteiger partial charge in [0.15, 0.2) is 0 Å². The topological polar surface area (TPSA) is 101 Å². The molecule has 2 N–H and O–H groups in total. The van der Waals surface area contributed by atoms with E-state index >= 15 is 0 Å². The van der Waals surface area contributed by atoms with E-state index in [9.17, 15) is 13.2 Å². The molecule has 1 amide bonds. The highest BCUT2D eigenvalue weighted by Crippen LogP contribution is 2.25. The van der Waals surface area contributed by atoms with Gasteiger partial charge in [-0.3, -0.25) is 9.78 Å². The zero-order chi connectivity index (χ0) is 24.0. The van der Waals surface area contributed by atoms with E-state index in [2.05, 4.69) is 15.6 Å². The minimum absolute atomic E-state index is 0.116. The Morgan fingerprint density at radius 3 is 2.67 bits per heavy atom. The molecule has 1 aromatic heterocycles. The van der Waals surface area contributed by atoms with Crippen LogP contribution in [0.25, 0.3) is 10.9 Å². The van der Waals surface area contributed by atoms with Crippen molar-refractivity contribution < 1.29 is 17.9 Å². The molecule has 3 rings (SSSR count). The van der Waals surface area contributed by atoms with Gasteiger partial charge < -0.3 is 15.4 Å². The summed E-state index contributed by atoms with van der Waals surface area (Å²) < 4.78 is 32.1. The van der Waals surface area contributed by atoms with Gasteiger partial charge in [-0.25, -0.2) is 8.42 Å². The van der Waals surface area contributed by atoms with Crippen molar-refractivity contribution in [1.82, 2.24) is 14.6 Å². The Morgan fingerprint density at radius 2 is 1.94 bits per heavy atom. The fourth-order valence-electron chi connectivity index (χ4n) is 3.30. The van der Waals surface area contributed by atoms with Crippen LogP contribution in [0.5, 0.6) is 5.75 Å². The summed E-state index contributed by atoms with van der Waals surface area (Å²) in [5, 5.41) is 7.52. The first-order valence-corrected chi connectivity index (χ1v) is 12.3. The van der Waals surface area contributed by atoms with Gasteiger partial charge in [-0.15, -0.1) is 0 Å². The van der Waals surface area contributed by atoms with Crippen molar-refractivity contribution in [3.8, 4) is 5.75 Å². The van der Waals surface area contributed by atoms with Crippen molar-refractivity contribution in [2.24, 2.45) is 0 Å². The number of carbonyl (C=O) groups is 1. The Hall–Kier alpha value is -2.88. The molecule has 0 saturated heterocycles. The van der Waals surface area contributed by atoms with Gasteiger partial charge >= 0.3 is 0 Å². The summed E-state index contributed by atoms with van der Waals surface area (Å²) in [6, 6.07) is 12.0. The second-order valence-electron chi connectivity index (χ2n) is 7.42. The third kappa shape index (κ3) is 6.13. The molecule has 0 saturated carbocycles. The molecule has 33 heavy (non-hydrogen) atoms. The highest BCUT2D eigenvalue weighted by molar-refractivity contribution is 7.89.